The number of oxime groups is 1. The minimum Gasteiger partial charge on any atom is -0.392 e. The van der Waals surface area contributed by atoms with E-state index in [4.69, 9.17) is 9.57 Å². The standard InChI is InChI=1S/C20H23NO3/c1-2-3-12-23-13-15(22)14-24-21-20-18-10-6-4-8-16(18)17-9-5-7-11-19(17)20/h4-11,15,22H,2-3,12-14H2,1H3. The molecule has 1 unspecified atom stereocenters. The second-order valence-electron chi connectivity index (χ2n) is 5.91. The fourth-order valence-corrected chi connectivity index (χ4v) is 2.79. The van der Waals surface area contributed by atoms with Gasteiger partial charge in [-0.15, -0.1) is 0 Å². The van der Waals surface area contributed by atoms with Crippen molar-refractivity contribution in [2.24, 2.45) is 5.16 Å². The van der Waals surface area contributed by atoms with E-state index >= 15 is 0 Å². The molecule has 0 bridgehead atoms. The Labute approximate surface area is 142 Å². The number of aliphatic hydroxyl groups is 1. The third kappa shape index (κ3) is 3.66. The maximum Gasteiger partial charge on any atom is 0.145 e. The largest absolute Gasteiger partial charge is 0.392 e. The van der Waals surface area contributed by atoms with E-state index in [9.17, 15) is 5.11 Å². The molecule has 0 radical (unpaired) electrons. The molecule has 1 aliphatic carbocycles. The van der Waals surface area contributed by atoms with Crippen LogP contribution >= 0.6 is 0 Å². The average Bonchev–Trinajstić information content (AvgIpc) is 2.93. The molecule has 4 heteroatoms. The molecule has 2 aromatic rings. The summed E-state index contributed by atoms with van der Waals surface area (Å²) in [6, 6.07) is 16.3. The molecule has 1 atom stereocenters. The number of ether oxygens (including phenoxy) is 1. The molecule has 0 amide bonds. The SMILES string of the molecule is CCCCOCC(O)CON=C1c2ccccc2-c2ccccc21. The van der Waals surface area contributed by atoms with Crippen molar-refractivity contribution in [1.29, 1.82) is 0 Å². The number of unbranched alkanes of at least 4 members (excludes halogenated alkanes) is 1. The Hall–Kier alpha value is -2.17. The Morgan fingerprint density at radius 2 is 1.50 bits per heavy atom. The summed E-state index contributed by atoms with van der Waals surface area (Å²) < 4.78 is 5.39. The van der Waals surface area contributed by atoms with Crippen molar-refractivity contribution in [3.8, 4) is 11.1 Å². The molecule has 3 rings (SSSR count). The highest BCUT2D eigenvalue weighted by atomic mass is 16.6. The summed E-state index contributed by atoms with van der Waals surface area (Å²) in [4.78, 5) is 5.41. The average molecular weight is 325 g/mol. The fraction of sp³-hybridized carbons (Fsp3) is 0.350. The van der Waals surface area contributed by atoms with E-state index in [1.165, 1.54) is 11.1 Å². The van der Waals surface area contributed by atoms with Gasteiger partial charge in [0.15, 0.2) is 0 Å². The third-order valence-electron chi connectivity index (χ3n) is 4.03. The Kier molecular flexibility index (Phi) is 5.62. The lowest BCUT2D eigenvalue weighted by Crippen LogP contribution is -2.21. The zero-order chi connectivity index (χ0) is 16.8. The topological polar surface area (TPSA) is 51.0 Å². The first kappa shape index (κ1) is 16.7. The normalized spacial score (nSPS) is 13.3. The van der Waals surface area contributed by atoms with E-state index < -0.39 is 6.10 Å². The Morgan fingerprint density at radius 1 is 0.917 bits per heavy atom. The van der Waals surface area contributed by atoms with Crippen LogP contribution in [0.1, 0.15) is 30.9 Å². The van der Waals surface area contributed by atoms with Crippen LogP contribution in [0.25, 0.3) is 11.1 Å². The molecule has 24 heavy (non-hydrogen) atoms. The van der Waals surface area contributed by atoms with Crippen LogP contribution in [0.4, 0.5) is 0 Å². The second kappa shape index (κ2) is 8.08. The molecule has 0 saturated carbocycles. The number of fused-ring (bicyclic) bond motifs is 3. The first-order valence-electron chi connectivity index (χ1n) is 8.46. The van der Waals surface area contributed by atoms with Gasteiger partial charge in [-0.25, -0.2) is 0 Å². The third-order valence-corrected chi connectivity index (χ3v) is 4.03. The lowest BCUT2D eigenvalue weighted by molar-refractivity contribution is -0.0179. The minimum absolute atomic E-state index is 0.125. The first-order chi connectivity index (χ1) is 11.8. The quantitative estimate of drug-likeness (QED) is 0.508. The smallest absolute Gasteiger partial charge is 0.145 e. The van der Waals surface area contributed by atoms with Crippen LogP contribution < -0.4 is 0 Å². The van der Waals surface area contributed by atoms with Gasteiger partial charge in [0.05, 0.1) is 6.61 Å². The summed E-state index contributed by atoms with van der Waals surface area (Å²) in [7, 11) is 0. The number of rotatable bonds is 8. The fourth-order valence-electron chi connectivity index (χ4n) is 2.79. The summed E-state index contributed by atoms with van der Waals surface area (Å²) in [5.41, 5.74) is 5.28. The lowest BCUT2D eigenvalue weighted by Gasteiger charge is -2.10. The molecule has 0 saturated heterocycles. The highest BCUT2D eigenvalue weighted by Crippen LogP contribution is 2.36. The van der Waals surface area contributed by atoms with E-state index in [1.807, 2.05) is 36.4 Å². The van der Waals surface area contributed by atoms with E-state index in [0.29, 0.717) is 6.61 Å². The van der Waals surface area contributed by atoms with E-state index in [-0.39, 0.29) is 13.2 Å². The molecule has 1 aliphatic rings. The molecule has 2 aromatic carbocycles. The number of hydrogen-bond acceptors (Lipinski definition) is 4. The molecule has 0 heterocycles. The van der Waals surface area contributed by atoms with Crippen LogP contribution in [0, 0.1) is 0 Å². The van der Waals surface area contributed by atoms with E-state index in [1.54, 1.807) is 0 Å². The summed E-state index contributed by atoms with van der Waals surface area (Å²) in [6.07, 6.45) is 1.42. The van der Waals surface area contributed by atoms with Crippen molar-refractivity contribution in [3.63, 3.8) is 0 Å². The number of nitrogens with zero attached hydrogens (tertiary/aromatic N) is 1. The van der Waals surface area contributed by atoms with Gasteiger partial charge >= 0.3 is 0 Å². The molecular weight excluding hydrogens is 302 g/mol. The van der Waals surface area contributed by atoms with Crippen LogP contribution in [-0.2, 0) is 9.57 Å². The summed E-state index contributed by atoms with van der Waals surface area (Å²) in [5.74, 6) is 0. The monoisotopic (exact) mass is 325 g/mol. The number of benzene rings is 2. The van der Waals surface area contributed by atoms with Crippen molar-refractivity contribution in [2.45, 2.75) is 25.9 Å². The van der Waals surface area contributed by atoms with Gasteiger partial charge in [-0.2, -0.15) is 0 Å². The molecular formula is C20H23NO3. The predicted octanol–water partition coefficient (Wildman–Crippen LogP) is 3.61. The van der Waals surface area contributed by atoms with Gasteiger partial charge in [-0.05, 0) is 17.5 Å². The van der Waals surface area contributed by atoms with Gasteiger partial charge in [-0.3, -0.25) is 0 Å². The van der Waals surface area contributed by atoms with Crippen molar-refractivity contribution < 1.29 is 14.7 Å². The lowest BCUT2D eigenvalue weighted by atomic mass is 10.1. The number of aliphatic hydroxyl groups excluding tert-OH is 1. The van der Waals surface area contributed by atoms with Crippen molar-refractivity contribution in [2.75, 3.05) is 19.8 Å². The Bertz CT molecular complexity index is 664. The number of hydrogen-bond donors (Lipinski definition) is 1. The molecule has 0 aliphatic heterocycles. The maximum absolute atomic E-state index is 9.89. The maximum atomic E-state index is 9.89. The van der Waals surface area contributed by atoms with Crippen LogP contribution in [0.3, 0.4) is 0 Å². The highest BCUT2D eigenvalue weighted by molar-refractivity contribution is 6.24. The highest BCUT2D eigenvalue weighted by Gasteiger charge is 2.24. The predicted molar refractivity (Wildman–Crippen MR) is 95.2 cm³/mol. The van der Waals surface area contributed by atoms with Gasteiger partial charge in [-0.1, -0.05) is 67.0 Å². The van der Waals surface area contributed by atoms with E-state index in [2.05, 4.69) is 24.2 Å². The zero-order valence-electron chi connectivity index (χ0n) is 13.9. The molecule has 1 N–H and O–H groups in total. The Morgan fingerprint density at radius 3 is 2.08 bits per heavy atom. The summed E-state index contributed by atoms with van der Waals surface area (Å²) in [6.45, 7) is 3.18. The minimum atomic E-state index is -0.668. The molecule has 4 nitrogen and oxygen atoms in total. The van der Waals surface area contributed by atoms with Crippen molar-refractivity contribution in [1.82, 2.24) is 0 Å². The summed E-state index contributed by atoms with van der Waals surface area (Å²) >= 11 is 0. The van der Waals surface area contributed by atoms with Crippen LogP contribution in [0.5, 0.6) is 0 Å². The second-order valence-corrected chi connectivity index (χ2v) is 5.91. The van der Waals surface area contributed by atoms with Crippen LogP contribution in [-0.4, -0.2) is 36.7 Å². The van der Waals surface area contributed by atoms with E-state index in [0.717, 1.165) is 29.7 Å². The van der Waals surface area contributed by atoms with Crippen LogP contribution in [0.15, 0.2) is 53.7 Å². The molecule has 0 aromatic heterocycles. The van der Waals surface area contributed by atoms with Gasteiger partial charge in [0.2, 0.25) is 0 Å². The van der Waals surface area contributed by atoms with Crippen molar-refractivity contribution in [3.05, 3.63) is 59.7 Å². The molecule has 0 spiro atoms. The Balaban J connectivity index is 1.65. The van der Waals surface area contributed by atoms with Gasteiger partial charge < -0.3 is 14.7 Å². The first-order valence-corrected chi connectivity index (χ1v) is 8.46. The van der Waals surface area contributed by atoms with Crippen LogP contribution in [0.2, 0.25) is 0 Å². The zero-order valence-corrected chi connectivity index (χ0v) is 13.9. The van der Waals surface area contributed by atoms with Gasteiger partial charge in [0, 0.05) is 17.7 Å². The van der Waals surface area contributed by atoms with Gasteiger partial charge in [0.1, 0.15) is 18.4 Å². The molecule has 126 valence electrons. The summed E-state index contributed by atoms with van der Waals surface area (Å²) in [5, 5.41) is 14.2. The van der Waals surface area contributed by atoms with Crippen molar-refractivity contribution >= 4 is 5.71 Å². The van der Waals surface area contributed by atoms with Gasteiger partial charge in [0.25, 0.3) is 0 Å². The molecule has 0 fully saturated rings.